The first-order valence-corrected chi connectivity index (χ1v) is 12.2. The normalized spacial score (nSPS) is 18.9. The van der Waals surface area contributed by atoms with Gasteiger partial charge in [-0.25, -0.2) is 12.8 Å². The van der Waals surface area contributed by atoms with Gasteiger partial charge in [0.25, 0.3) is 10.0 Å². The summed E-state index contributed by atoms with van der Waals surface area (Å²) in [7, 11) is -3.50. The smallest absolute Gasteiger partial charge is 0.252 e. The summed E-state index contributed by atoms with van der Waals surface area (Å²) in [6.07, 6.45) is 2.95. The Kier molecular flexibility index (Phi) is 5.89. The highest BCUT2D eigenvalue weighted by Gasteiger charge is 2.33. The van der Waals surface area contributed by atoms with E-state index in [0.29, 0.717) is 22.7 Å². The molecule has 2 fully saturated rings. The summed E-state index contributed by atoms with van der Waals surface area (Å²) in [6, 6.07) is 8.15. The second kappa shape index (κ2) is 8.41. The molecule has 1 aromatic heterocycles. The number of rotatable bonds is 5. The van der Waals surface area contributed by atoms with Gasteiger partial charge in [-0.3, -0.25) is 4.79 Å². The lowest BCUT2D eigenvalue weighted by Gasteiger charge is -2.30. The maximum absolute atomic E-state index is 14.5. The van der Waals surface area contributed by atoms with Crippen molar-refractivity contribution in [2.45, 2.75) is 29.9 Å². The number of benzene rings is 1. The number of amides is 1. The lowest BCUT2D eigenvalue weighted by molar-refractivity contribution is -0.120. The van der Waals surface area contributed by atoms with Crippen LogP contribution in [0, 0.1) is 11.7 Å². The van der Waals surface area contributed by atoms with Crippen molar-refractivity contribution >= 4 is 38.6 Å². The van der Waals surface area contributed by atoms with Gasteiger partial charge in [0, 0.05) is 32.1 Å². The first-order chi connectivity index (χ1) is 14.0. The number of nitrogens with one attached hydrogen (secondary N) is 1. The number of piperidine rings is 1. The summed E-state index contributed by atoms with van der Waals surface area (Å²) in [5, 5.41) is 4.52. The van der Waals surface area contributed by atoms with Gasteiger partial charge in [-0.2, -0.15) is 4.31 Å². The van der Waals surface area contributed by atoms with Gasteiger partial charge in [-0.1, -0.05) is 12.1 Å². The number of hydrogen-bond donors (Lipinski definition) is 1. The fraction of sp³-hybridized carbons (Fsp3) is 0.450. The van der Waals surface area contributed by atoms with Crippen molar-refractivity contribution in [3.05, 3.63) is 41.5 Å². The van der Waals surface area contributed by atoms with E-state index in [-0.39, 0.29) is 30.6 Å². The van der Waals surface area contributed by atoms with Gasteiger partial charge in [-0.15, -0.1) is 11.3 Å². The minimum atomic E-state index is -3.50. The molecule has 0 aliphatic carbocycles. The predicted molar refractivity (Wildman–Crippen MR) is 112 cm³/mol. The van der Waals surface area contributed by atoms with Crippen molar-refractivity contribution in [3.8, 4) is 0 Å². The summed E-state index contributed by atoms with van der Waals surface area (Å²) in [6.45, 7) is 2.28. The third-order valence-electron chi connectivity index (χ3n) is 5.60. The Bertz CT molecular complexity index is 965. The lowest BCUT2D eigenvalue weighted by atomic mass is 9.97. The van der Waals surface area contributed by atoms with Gasteiger partial charge < -0.3 is 10.2 Å². The van der Waals surface area contributed by atoms with Crippen LogP contribution in [-0.4, -0.2) is 44.8 Å². The van der Waals surface area contributed by atoms with Crippen molar-refractivity contribution in [2.75, 3.05) is 36.4 Å². The van der Waals surface area contributed by atoms with Gasteiger partial charge in [0.15, 0.2) is 0 Å². The third-order valence-corrected chi connectivity index (χ3v) is 8.87. The summed E-state index contributed by atoms with van der Waals surface area (Å²) in [5.74, 6) is -1.03. The molecule has 156 valence electrons. The Morgan fingerprint density at radius 2 is 1.79 bits per heavy atom. The summed E-state index contributed by atoms with van der Waals surface area (Å²) >= 11 is 1.19. The van der Waals surface area contributed by atoms with E-state index in [2.05, 4.69) is 10.2 Å². The van der Waals surface area contributed by atoms with Crippen molar-refractivity contribution < 1.29 is 17.6 Å². The van der Waals surface area contributed by atoms with Gasteiger partial charge in [0.1, 0.15) is 15.7 Å². The molecular formula is C20H24FN3O3S2. The van der Waals surface area contributed by atoms with Crippen LogP contribution in [0.15, 0.2) is 39.9 Å². The van der Waals surface area contributed by atoms with Crippen LogP contribution in [0.25, 0.3) is 0 Å². The number of carbonyl (C=O) groups is 1. The number of sulfonamides is 1. The van der Waals surface area contributed by atoms with Crippen LogP contribution in [0.2, 0.25) is 0 Å². The monoisotopic (exact) mass is 437 g/mol. The predicted octanol–water partition coefficient (Wildman–Crippen LogP) is 3.53. The molecule has 0 unspecified atom stereocenters. The number of carbonyl (C=O) groups excluding carboxylic acids is 1. The summed E-state index contributed by atoms with van der Waals surface area (Å²) in [4.78, 5) is 14.9. The van der Waals surface area contributed by atoms with Crippen molar-refractivity contribution in [2.24, 2.45) is 5.92 Å². The molecule has 6 nitrogen and oxygen atoms in total. The van der Waals surface area contributed by atoms with Crippen LogP contribution in [0.1, 0.15) is 25.7 Å². The second-order valence-electron chi connectivity index (χ2n) is 7.43. The Balaban J connectivity index is 1.42. The number of thiophene rings is 1. The average molecular weight is 438 g/mol. The van der Waals surface area contributed by atoms with Crippen molar-refractivity contribution in [3.63, 3.8) is 0 Å². The first kappa shape index (κ1) is 20.3. The number of nitrogens with zero attached hydrogens (tertiary/aromatic N) is 2. The zero-order valence-electron chi connectivity index (χ0n) is 16.0. The van der Waals surface area contributed by atoms with Crippen LogP contribution in [0.4, 0.5) is 15.8 Å². The molecule has 4 rings (SSSR count). The summed E-state index contributed by atoms with van der Waals surface area (Å²) in [5.41, 5.74) is 0.946. The molecule has 2 aliphatic heterocycles. The van der Waals surface area contributed by atoms with E-state index in [1.807, 2.05) is 6.07 Å². The molecule has 1 aromatic carbocycles. The molecule has 0 saturated carbocycles. The van der Waals surface area contributed by atoms with E-state index < -0.39 is 15.8 Å². The summed E-state index contributed by atoms with van der Waals surface area (Å²) < 4.78 is 41.5. The topological polar surface area (TPSA) is 69.7 Å². The highest BCUT2D eigenvalue weighted by atomic mass is 32.2. The van der Waals surface area contributed by atoms with E-state index in [1.54, 1.807) is 23.6 Å². The molecule has 0 bridgehead atoms. The molecule has 0 spiro atoms. The zero-order valence-corrected chi connectivity index (χ0v) is 17.6. The number of para-hydroxylation sites is 1. The fourth-order valence-corrected chi connectivity index (χ4v) is 6.59. The Labute approximate surface area is 174 Å². The first-order valence-electron chi connectivity index (χ1n) is 9.85. The van der Waals surface area contributed by atoms with E-state index >= 15 is 0 Å². The molecule has 1 amide bonds. The van der Waals surface area contributed by atoms with Crippen LogP contribution < -0.4 is 10.2 Å². The molecule has 0 radical (unpaired) electrons. The van der Waals surface area contributed by atoms with Crippen LogP contribution >= 0.6 is 11.3 Å². The molecule has 2 aliphatic rings. The van der Waals surface area contributed by atoms with Gasteiger partial charge in [-0.05, 0) is 49.3 Å². The minimum absolute atomic E-state index is 0.230. The van der Waals surface area contributed by atoms with E-state index in [4.69, 9.17) is 0 Å². The van der Waals surface area contributed by atoms with Crippen molar-refractivity contribution in [1.82, 2.24) is 4.31 Å². The maximum atomic E-state index is 14.5. The zero-order chi connectivity index (χ0) is 20.4. The van der Waals surface area contributed by atoms with Gasteiger partial charge in [0.05, 0.1) is 5.69 Å². The average Bonchev–Trinajstić information content (AvgIpc) is 3.44. The van der Waals surface area contributed by atoms with Gasteiger partial charge >= 0.3 is 0 Å². The lowest BCUT2D eigenvalue weighted by Crippen LogP contribution is -2.41. The third kappa shape index (κ3) is 4.17. The van der Waals surface area contributed by atoms with Crippen molar-refractivity contribution in [1.29, 1.82) is 0 Å². The van der Waals surface area contributed by atoms with E-state index in [1.165, 1.54) is 21.7 Å². The molecule has 3 heterocycles. The molecule has 2 saturated heterocycles. The quantitative estimate of drug-likeness (QED) is 0.777. The minimum Gasteiger partial charge on any atom is -0.370 e. The largest absolute Gasteiger partial charge is 0.370 e. The maximum Gasteiger partial charge on any atom is 0.252 e. The fourth-order valence-electron chi connectivity index (χ4n) is 3.98. The van der Waals surface area contributed by atoms with Gasteiger partial charge in [0.2, 0.25) is 5.91 Å². The Morgan fingerprint density at radius 1 is 1.07 bits per heavy atom. The van der Waals surface area contributed by atoms with Crippen LogP contribution in [0.5, 0.6) is 0 Å². The molecule has 0 atom stereocenters. The number of halogens is 1. The Morgan fingerprint density at radius 3 is 2.45 bits per heavy atom. The van der Waals surface area contributed by atoms with Crippen LogP contribution in [-0.2, 0) is 14.8 Å². The molecule has 1 N–H and O–H groups in total. The SMILES string of the molecule is O=C(Nc1c(F)cccc1N1CCCC1)C1CCN(S(=O)(=O)c2cccs2)CC1. The van der Waals surface area contributed by atoms with E-state index in [0.717, 1.165) is 25.9 Å². The van der Waals surface area contributed by atoms with Crippen LogP contribution in [0.3, 0.4) is 0 Å². The Hall–Kier alpha value is -1.97. The standard InChI is InChI=1S/C20H24FN3O3S2/c21-16-5-3-6-17(23-10-1-2-11-23)19(16)22-20(25)15-8-12-24(13-9-15)29(26,27)18-7-4-14-28-18/h3-7,14-15H,1-2,8-13H2,(H,22,25). The highest BCUT2D eigenvalue weighted by Crippen LogP contribution is 2.33. The van der Waals surface area contributed by atoms with E-state index in [9.17, 15) is 17.6 Å². The number of anilines is 2. The number of hydrogen-bond acceptors (Lipinski definition) is 5. The highest BCUT2D eigenvalue weighted by molar-refractivity contribution is 7.91. The molecule has 29 heavy (non-hydrogen) atoms. The molecule has 2 aromatic rings. The molecular weight excluding hydrogens is 413 g/mol. The second-order valence-corrected chi connectivity index (χ2v) is 10.5. The molecule has 9 heteroatoms.